The van der Waals surface area contributed by atoms with Crippen LogP contribution >= 0.6 is 0 Å². The lowest BCUT2D eigenvalue weighted by Gasteiger charge is -2.44. The van der Waals surface area contributed by atoms with Crippen molar-refractivity contribution in [1.29, 1.82) is 0 Å². The van der Waals surface area contributed by atoms with Crippen LogP contribution < -0.4 is 4.74 Å². The van der Waals surface area contributed by atoms with Gasteiger partial charge in [-0.15, -0.1) is 0 Å². The summed E-state index contributed by atoms with van der Waals surface area (Å²) in [4.78, 5) is 12.9. The average molecular weight is 484 g/mol. The van der Waals surface area contributed by atoms with Gasteiger partial charge >= 0.3 is 5.97 Å². The first kappa shape index (κ1) is 28.9. The van der Waals surface area contributed by atoms with Crippen molar-refractivity contribution in [1.82, 2.24) is 4.90 Å². The number of ether oxygens (including phenoxy) is 1. The Morgan fingerprint density at radius 1 is 1.11 bits per heavy atom. The lowest BCUT2D eigenvalue weighted by molar-refractivity contribution is -0.138. The van der Waals surface area contributed by atoms with Crippen molar-refractivity contribution in [2.75, 3.05) is 27.7 Å². The van der Waals surface area contributed by atoms with E-state index >= 15 is 0 Å². The number of benzene rings is 2. The summed E-state index contributed by atoms with van der Waals surface area (Å²) < 4.78 is 5.31. The van der Waals surface area contributed by atoms with Gasteiger partial charge in [0.05, 0.1) is 18.6 Å². The SMILES string of the molecule is CC(C)Cc1ccc(C(C)C(=O)O)cc1.COc1cccc([C@]2(O)C[C@@H](C)CC[C@H]2CN(C)C)c1. The molecule has 1 fully saturated rings. The summed E-state index contributed by atoms with van der Waals surface area (Å²) in [6.07, 6.45) is 4.15. The highest BCUT2D eigenvalue weighted by Gasteiger charge is 2.42. The van der Waals surface area contributed by atoms with Gasteiger partial charge in [0.1, 0.15) is 5.75 Å². The molecular weight excluding hydrogens is 438 g/mol. The fourth-order valence-corrected chi connectivity index (χ4v) is 5.01. The number of carboxylic acid groups (broad SMARTS) is 1. The second-order valence-corrected chi connectivity index (χ2v) is 10.9. The first-order valence-electron chi connectivity index (χ1n) is 12.8. The maximum absolute atomic E-state index is 11.4. The Labute approximate surface area is 212 Å². The van der Waals surface area contributed by atoms with Crippen molar-refractivity contribution < 1.29 is 19.7 Å². The zero-order valence-electron chi connectivity index (χ0n) is 22.6. The Kier molecular flexibility index (Phi) is 10.8. The summed E-state index contributed by atoms with van der Waals surface area (Å²) in [5.74, 6) is 1.10. The average Bonchev–Trinajstić information content (AvgIpc) is 2.81. The molecule has 1 unspecified atom stereocenters. The van der Waals surface area contributed by atoms with E-state index in [0.29, 0.717) is 11.8 Å². The van der Waals surface area contributed by atoms with Crippen LogP contribution in [0.2, 0.25) is 0 Å². The van der Waals surface area contributed by atoms with Gasteiger partial charge in [0, 0.05) is 12.5 Å². The maximum Gasteiger partial charge on any atom is 0.310 e. The first-order valence-corrected chi connectivity index (χ1v) is 12.8. The molecule has 5 nitrogen and oxygen atoms in total. The summed E-state index contributed by atoms with van der Waals surface area (Å²) in [6, 6.07) is 15.8. The van der Waals surface area contributed by atoms with Crippen molar-refractivity contribution in [2.45, 2.75) is 64.9 Å². The largest absolute Gasteiger partial charge is 0.497 e. The molecular formula is C30H45NO4. The van der Waals surface area contributed by atoms with Gasteiger partial charge in [0.15, 0.2) is 0 Å². The quantitative estimate of drug-likeness (QED) is 0.485. The maximum atomic E-state index is 11.4. The predicted molar refractivity (Wildman–Crippen MR) is 143 cm³/mol. The summed E-state index contributed by atoms with van der Waals surface area (Å²) in [5, 5.41) is 20.2. The highest BCUT2D eigenvalue weighted by Crippen LogP contribution is 2.44. The van der Waals surface area contributed by atoms with Crippen LogP contribution in [0, 0.1) is 17.8 Å². The van der Waals surface area contributed by atoms with E-state index in [2.05, 4.69) is 39.8 Å². The van der Waals surface area contributed by atoms with Crippen LogP contribution in [-0.2, 0) is 16.8 Å². The number of rotatable bonds is 8. The molecule has 2 N–H and O–H groups in total. The van der Waals surface area contributed by atoms with E-state index < -0.39 is 17.5 Å². The molecule has 35 heavy (non-hydrogen) atoms. The van der Waals surface area contributed by atoms with Crippen LogP contribution in [0.5, 0.6) is 5.75 Å². The smallest absolute Gasteiger partial charge is 0.310 e. The molecule has 3 rings (SSSR count). The fraction of sp³-hybridized carbons (Fsp3) is 0.567. The number of carboxylic acids is 1. The predicted octanol–water partition coefficient (Wildman–Crippen LogP) is 5.95. The molecule has 0 radical (unpaired) electrons. The minimum Gasteiger partial charge on any atom is -0.497 e. The molecule has 1 aliphatic rings. The highest BCUT2D eigenvalue weighted by molar-refractivity contribution is 5.75. The standard InChI is InChI=1S/C17H27NO2.C13H18O2/c1-13-8-9-15(12-18(2)3)17(19,11-13)14-6-5-7-16(10-14)20-4;1-9(2)8-11-4-6-12(7-5-11)10(3)13(14)15/h5-7,10,13,15,19H,8-9,11-12H2,1-4H3;4-7,9-10H,8H2,1-3H3,(H,14,15)/t13-,15-,17+;/m0./s1. The monoisotopic (exact) mass is 483 g/mol. The summed E-state index contributed by atoms with van der Waals surface area (Å²) in [5.41, 5.74) is 2.40. The van der Waals surface area contributed by atoms with E-state index in [-0.39, 0.29) is 5.92 Å². The molecule has 1 aliphatic carbocycles. The third-order valence-corrected chi connectivity index (χ3v) is 6.99. The number of hydrogen-bond donors (Lipinski definition) is 2. The number of hydrogen-bond acceptors (Lipinski definition) is 4. The fourth-order valence-electron chi connectivity index (χ4n) is 5.01. The molecule has 0 spiro atoms. The third-order valence-electron chi connectivity index (χ3n) is 6.99. The van der Waals surface area contributed by atoms with Crippen LogP contribution in [0.1, 0.15) is 69.6 Å². The topological polar surface area (TPSA) is 70.0 Å². The molecule has 5 heteroatoms. The van der Waals surface area contributed by atoms with E-state index in [1.165, 1.54) is 12.0 Å². The van der Waals surface area contributed by atoms with Gasteiger partial charge in [0.2, 0.25) is 0 Å². The molecule has 0 amide bonds. The van der Waals surface area contributed by atoms with Gasteiger partial charge in [0.25, 0.3) is 0 Å². The molecule has 0 saturated heterocycles. The number of aliphatic carboxylic acids is 1. The molecule has 0 aliphatic heterocycles. The van der Waals surface area contributed by atoms with Gasteiger partial charge in [-0.2, -0.15) is 0 Å². The second kappa shape index (κ2) is 13.1. The van der Waals surface area contributed by atoms with Gasteiger partial charge in [-0.1, -0.05) is 63.6 Å². The Morgan fingerprint density at radius 2 is 1.77 bits per heavy atom. The molecule has 1 saturated carbocycles. The molecule has 0 heterocycles. The van der Waals surface area contributed by atoms with E-state index in [4.69, 9.17) is 9.84 Å². The number of aliphatic hydroxyl groups is 1. The second-order valence-electron chi connectivity index (χ2n) is 10.9. The Morgan fingerprint density at radius 3 is 2.31 bits per heavy atom. The van der Waals surface area contributed by atoms with Crippen LogP contribution in [0.15, 0.2) is 48.5 Å². The van der Waals surface area contributed by atoms with E-state index in [9.17, 15) is 9.90 Å². The zero-order chi connectivity index (χ0) is 26.2. The van der Waals surface area contributed by atoms with Crippen molar-refractivity contribution in [3.63, 3.8) is 0 Å². The van der Waals surface area contributed by atoms with Gasteiger partial charge in [-0.25, -0.2) is 0 Å². The highest BCUT2D eigenvalue weighted by atomic mass is 16.5. The molecule has 0 bridgehead atoms. The molecule has 4 atom stereocenters. The van der Waals surface area contributed by atoms with Crippen molar-refractivity contribution >= 4 is 5.97 Å². The number of carbonyl (C=O) groups is 1. The minimum absolute atomic E-state index is 0.279. The normalized spacial score (nSPS) is 22.9. The van der Waals surface area contributed by atoms with Gasteiger partial charge < -0.3 is 19.8 Å². The minimum atomic E-state index is -0.772. The van der Waals surface area contributed by atoms with E-state index in [1.807, 2.05) is 48.5 Å². The third kappa shape index (κ3) is 8.36. The Bertz CT molecular complexity index is 924. The Hall–Kier alpha value is -2.37. The summed E-state index contributed by atoms with van der Waals surface area (Å²) in [7, 11) is 5.82. The Balaban J connectivity index is 0.000000258. The van der Waals surface area contributed by atoms with Crippen LogP contribution in [0.4, 0.5) is 0 Å². The first-order chi connectivity index (χ1) is 16.5. The lowest BCUT2D eigenvalue weighted by Crippen LogP contribution is -2.45. The number of nitrogens with zero attached hydrogens (tertiary/aromatic N) is 1. The van der Waals surface area contributed by atoms with E-state index in [0.717, 1.165) is 42.7 Å². The van der Waals surface area contributed by atoms with Crippen molar-refractivity contribution in [3.8, 4) is 5.75 Å². The summed E-state index contributed by atoms with van der Waals surface area (Å²) >= 11 is 0. The lowest BCUT2D eigenvalue weighted by atomic mass is 9.68. The molecule has 194 valence electrons. The molecule has 2 aromatic rings. The summed E-state index contributed by atoms with van der Waals surface area (Å²) in [6.45, 7) is 9.21. The van der Waals surface area contributed by atoms with E-state index in [1.54, 1.807) is 14.0 Å². The molecule has 0 aromatic heterocycles. The van der Waals surface area contributed by atoms with Crippen LogP contribution in [-0.4, -0.2) is 48.8 Å². The van der Waals surface area contributed by atoms with Gasteiger partial charge in [-0.3, -0.25) is 4.79 Å². The number of methoxy groups -OCH3 is 1. The van der Waals surface area contributed by atoms with Crippen LogP contribution in [0.25, 0.3) is 0 Å². The van der Waals surface area contributed by atoms with Crippen molar-refractivity contribution in [2.24, 2.45) is 17.8 Å². The molecule has 2 aromatic carbocycles. The van der Waals surface area contributed by atoms with Crippen LogP contribution in [0.3, 0.4) is 0 Å². The zero-order valence-corrected chi connectivity index (χ0v) is 22.6. The van der Waals surface area contributed by atoms with Gasteiger partial charge in [-0.05, 0) is 80.9 Å². The van der Waals surface area contributed by atoms with Crippen molar-refractivity contribution in [3.05, 3.63) is 65.2 Å².